The molecule has 1 aliphatic heterocycles. The first-order valence-electron chi connectivity index (χ1n) is 6.81. The number of likely N-dealkylation sites (tertiary alicyclic amines) is 1. The van der Waals surface area contributed by atoms with Crippen LogP contribution in [0.25, 0.3) is 6.08 Å². The number of nitrogens with one attached hydrogen (secondary N) is 1. The Morgan fingerprint density at radius 3 is 2.50 bits per heavy atom. The van der Waals surface area contributed by atoms with Crippen LogP contribution in [0.15, 0.2) is 30.3 Å². The predicted octanol–water partition coefficient (Wildman–Crippen LogP) is 2.08. The summed E-state index contributed by atoms with van der Waals surface area (Å²) in [6.07, 6.45) is 1.78. The number of rotatable bonds is 3. The summed E-state index contributed by atoms with van der Waals surface area (Å²) in [5.74, 6) is -3.78. The second kappa shape index (κ2) is 6.65. The zero-order chi connectivity index (χ0) is 16.2. The number of alkyl halides is 2. The summed E-state index contributed by atoms with van der Waals surface area (Å²) >= 11 is 0. The van der Waals surface area contributed by atoms with Crippen molar-refractivity contribution in [3.63, 3.8) is 0 Å². The maximum atomic E-state index is 13.2. The minimum Gasteiger partial charge on any atom is -0.338 e. The van der Waals surface area contributed by atoms with Gasteiger partial charge in [-0.25, -0.2) is 14.3 Å². The van der Waals surface area contributed by atoms with E-state index >= 15 is 0 Å². The zero-order valence-corrected chi connectivity index (χ0v) is 11.8. The fourth-order valence-corrected chi connectivity index (χ4v) is 2.25. The number of carbonyl (C=O) groups excluding carboxylic acids is 2. The van der Waals surface area contributed by atoms with Gasteiger partial charge in [-0.05, 0) is 17.7 Å². The molecule has 22 heavy (non-hydrogen) atoms. The Morgan fingerprint density at radius 2 is 1.86 bits per heavy atom. The topological polar surface area (TPSA) is 69.6 Å². The van der Waals surface area contributed by atoms with E-state index in [1.807, 2.05) is 0 Å². The van der Waals surface area contributed by atoms with Crippen molar-refractivity contribution in [2.45, 2.75) is 18.8 Å². The number of benzene rings is 1. The van der Waals surface area contributed by atoms with Crippen molar-refractivity contribution in [2.75, 3.05) is 13.1 Å². The van der Waals surface area contributed by atoms with Crippen LogP contribution in [-0.4, -0.2) is 40.9 Å². The number of hydrogen-bond donors (Lipinski definition) is 2. The second-order valence-corrected chi connectivity index (χ2v) is 5.04. The van der Waals surface area contributed by atoms with Gasteiger partial charge < -0.3 is 4.90 Å². The van der Waals surface area contributed by atoms with Gasteiger partial charge in [0.05, 0.1) is 0 Å². The first-order valence-corrected chi connectivity index (χ1v) is 6.81. The molecule has 0 bridgehead atoms. The average Bonchev–Trinajstić information content (AvgIpc) is 2.52. The van der Waals surface area contributed by atoms with Crippen molar-refractivity contribution >= 4 is 17.9 Å². The van der Waals surface area contributed by atoms with Gasteiger partial charge in [-0.2, -0.15) is 0 Å². The van der Waals surface area contributed by atoms with Crippen molar-refractivity contribution in [2.24, 2.45) is 0 Å². The van der Waals surface area contributed by atoms with E-state index in [-0.39, 0.29) is 31.8 Å². The van der Waals surface area contributed by atoms with E-state index in [1.165, 1.54) is 16.5 Å². The van der Waals surface area contributed by atoms with Gasteiger partial charge >= 0.3 is 0 Å². The first-order chi connectivity index (χ1) is 10.4. The Labute approximate surface area is 126 Å². The van der Waals surface area contributed by atoms with Gasteiger partial charge in [-0.15, -0.1) is 0 Å². The molecule has 0 aliphatic carbocycles. The lowest BCUT2D eigenvalue weighted by molar-refractivity contribution is -0.124. The minimum absolute atomic E-state index is 0.00100. The van der Waals surface area contributed by atoms with Gasteiger partial charge in [0.1, 0.15) is 0 Å². The summed E-state index contributed by atoms with van der Waals surface area (Å²) in [4.78, 5) is 24.8. The van der Waals surface area contributed by atoms with E-state index in [1.54, 1.807) is 24.3 Å². The van der Waals surface area contributed by atoms with Crippen LogP contribution >= 0.6 is 0 Å². The van der Waals surface area contributed by atoms with Crippen molar-refractivity contribution in [1.82, 2.24) is 10.4 Å². The van der Waals surface area contributed by atoms with Gasteiger partial charge in [0.25, 0.3) is 17.7 Å². The van der Waals surface area contributed by atoms with Crippen LogP contribution in [-0.2, 0) is 4.79 Å². The van der Waals surface area contributed by atoms with Gasteiger partial charge in [0.15, 0.2) is 0 Å². The van der Waals surface area contributed by atoms with E-state index in [4.69, 9.17) is 5.21 Å². The van der Waals surface area contributed by atoms with Crippen molar-refractivity contribution in [1.29, 1.82) is 0 Å². The molecule has 1 aliphatic rings. The number of halogens is 2. The largest absolute Gasteiger partial charge is 0.338 e. The monoisotopic (exact) mass is 310 g/mol. The molecule has 7 heteroatoms. The van der Waals surface area contributed by atoms with Gasteiger partial charge in [0, 0.05) is 37.6 Å². The Bertz CT molecular complexity index is 592. The van der Waals surface area contributed by atoms with Crippen molar-refractivity contribution < 1.29 is 23.6 Å². The third-order valence-corrected chi connectivity index (χ3v) is 3.50. The third-order valence-electron chi connectivity index (χ3n) is 3.50. The van der Waals surface area contributed by atoms with Crippen LogP contribution in [0.4, 0.5) is 8.78 Å². The molecule has 1 aromatic rings. The lowest BCUT2D eigenvalue weighted by atomic mass is 10.0. The van der Waals surface area contributed by atoms with Crippen molar-refractivity contribution in [3.05, 3.63) is 41.5 Å². The lowest BCUT2D eigenvalue weighted by Crippen LogP contribution is -2.42. The summed E-state index contributed by atoms with van der Waals surface area (Å²) in [5, 5.41) is 8.45. The minimum atomic E-state index is -2.71. The van der Waals surface area contributed by atoms with Crippen LogP contribution in [0.5, 0.6) is 0 Å². The SMILES string of the molecule is O=C(/C=C/c1ccccc1C(=O)N1CCC(F)(F)CC1)NO. The lowest BCUT2D eigenvalue weighted by Gasteiger charge is -2.32. The van der Waals surface area contributed by atoms with E-state index in [9.17, 15) is 18.4 Å². The van der Waals surface area contributed by atoms with Crippen LogP contribution < -0.4 is 5.48 Å². The normalized spacial score (nSPS) is 17.5. The molecular formula is C15H16F2N2O3. The standard InChI is InChI=1S/C15H16F2N2O3/c16-15(17)7-9-19(10-8-15)14(21)12-4-2-1-3-11(12)5-6-13(20)18-22/h1-6,22H,7-10H2,(H,18,20)/b6-5+. The summed E-state index contributed by atoms with van der Waals surface area (Å²) in [7, 11) is 0. The highest BCUT2D eigenvalue weighted by Gasteiger charge is 2.35. The molecule has 1 aromatic carbocycles. The van der Waals surface area contributed by atoms with E-state index in [2.05, 4.69) is 0 Å². The number of hydroxylamine groups is 1. The average molecular weight is 310 g/mol. The molecule has 5 nitrogen and oxygen atoms in total. The molecule has 1 heterocycles. The Morgan fingerprint density at radius 1 is 1.23 bits per heavy atom. The number of piperidine rings is 1. The fraction of sp³-hybridized carbons (Fsp3) is 0.333. The number of carbonyl (C=O) groups is 2. The maximum Gasteiger partial charge on any atom is 0.267 e. The van der Waals surface area contributed by atoms with Gasteiger partial charge in [-0.1, -0.05) is 18.2 Å². The molecule has 0 unspecified atom stereocenters. The number of amides is 2. The summed E-state index contributed by atoms with van der Waals surface area (Å²) in [5.41, 5.74) is 2.26. The predicted molar refractivity (Wildman–Crippen MR) is 75.5 cm³/mol. The molecule has 0 saturated carbocycles. The smallest absolute Gasteiger partial charge is 0.267 e. The Kier molecular flexibility index (Phi) is 4.87. The zero-order valence-electron chi connectivity index (χ0n) is 11.8. The number of nitrogens with zero attached hydrogens (tertiary/aromatic N) is 1. The van der Waals surface area contributed by atoms with Crippen LogP contribution in [0.1, 0.15) is 28.8 Å². The second-order valence-electron chi connectivity index (χ2n) is 5.04. The molecule has 2 N–H and O–H groups in total. The summed E-state index contributed by atoms with van der Waals surface area (Å²) < 4.78 is 26.3. The quantitative estimate of drug-likeness (QED) is 0.510. The number of hydrogen-bond acceptors (Lipinski definition) is 3. The highest BCUT2D eigenvalue weighted by atomic mass is 19.3. The van der Waals surface area contributed by atoms with E-state index in [0.717, 1.165) is 6.08 Å². The summed E-state index contributed by atoms with van der Waals surface area (Å²) in [6.45, 7) is 0.00200. The molecule has 2 amide bonds. The molecule has 1 fully saturated rings. The van der Waals surface area contributed by atoms with Crippen LogP contribution in [0.3, 0.4) is 0 Å². The van der Waals surface area contributed by atoms with E-state index < -0.39 is 11.8 Å². The van der Waals surface area contributed by atoms with E-state index in [0.29, 0.717) is 11.1 Å². The molecule has 0 atom stereocenters. The molecule has 0 radical (unpaired) electrons. The molecule has 118 valence electrons. The van der Waals surface area contributed by atoms with Gasteiger partial charge in [-0.3, -0.25) is 14.8 Å². The molecule has 0 spiro atoms. The molecule has 0 aromatic heterocycles. The molecule has 2 rings (SSSR count). The Hall–Kier alpha value is -2.28. The maximum absolute atomic E-state index is 13.2. The summed E-state index contributed by atoms with van der Waals surface area (Å²) in [6, 6.07) is 6.56. The Balaban J connectivity index is 2.16. The van der Waals surface area contributed by atoms with Crippen LogP contribution in [0.2, 0.25) is 0 Å². The van der Waals surface area contributed by atoms with Crippen LogP contribution in [0, 0.1) is 0 Å². The first kappa shape index (κ1) is 16.1. The van der Waals surface area contributed by atoms with Gasteiger partial charge in [0.2, 0.25) is 0 Å². The highest BCUT2D eigenvalue weighted by molar-refractivity contribution is 5.99. The highest BCUT2D eigenvalue weighted by Crippen LogP contribution is 2.28. The molecular weight excluding hydrogens is 294 g/mol. The third kappa shape index (κ3) is 3.88. The molecule has 1 saturated heterocycles. The fourth-order valence-electron chi connectivity index (χ4n) is 2.25. The van der Waals surface area contributed by atoms with Crippen molar-refractivity contribution in [3.8, 4) is 0 Å².